The van der Waals surface area contributed by atoms with Crippen LogP contribution in [-0.4, -0.2) is 5.78 Å². The van der Waals surface area contributed by atoms with E-state index in [0.29, 0.717) is 0 Å². The number of halogens is 3. The summed E-state index contributed by atoms with van der Waals surface area (Å²) in [5, 5.41) is 0. The maximum absolute atomic E-state index is 13.0. The van der Waals surface area contributed by atoms with E-state index < -0.39 is 5.82 Å². The number of ketones is 1. The topological polar surface area (TPSA) is 17.1 Å². The summed E-state index contributed by atoms with van der Waals surface area (Å²) in [6.45, 7) is 1.34. The molecule has 1 nitrogen and oxygen atoms in total. The number of carbonyl (C=O) groups excluding carboxylic acids is 1. The van der Waals surface area contributed by atoms with Crippen molar-refractivity contribution in [3.63, 3.8) is 0 Å². The first-order valence-electron chi connectivity index (χ1n) is 3.18. The van der Waals surface area contributed by atoms with Gasteiger partial charge in [-0.3, -0.25) is 4.79 Å². The van der Waals surface area contributed by atoms with Gasteiger partial charge in [0, 0.05) is 8.04 Å². The van der Waals surface area contributed by atoms with Gasteiger partial charge in [0.15, 0.2) is 5.78 Å². The highest BCUT2D eigenvalue weighted by atomic mass is 127. The Kier molecular flexibility index (Phi) is 3.22. The fourth-order valence-corrected chi connectivity index (χ4v) is 1.56. The Hall–Kier alpha value is 0.0300. The molecule has 0 aliphatic rings. The summed E-state index contributed by atoms with van der Waals surface area (Å²) in [4.78, 5) is 10.9. The molecule has 0 saturated heterocycles. The molecule has 0 fully saturated rings. The molecule has 0 saturated carbocycles. The number of benzene rings is 1. The third kappa shape index (κ3) is 2.04. The molecule has 0 unspecified atom stereocenters. The minimum atomic E-state index is -0.463. The zero-order chi connectivity index (χ0) is 9.30. The van der Waals surface area contributed by atoms with E-state index in [4.69, 9.17) is 0 Å². The molecule has 0 amide bonds. The lowest BCUT2D eigenvalue weighted by atomic mass is 10.1. The molecule has 0 spiro atoms. The summed E-state index contributed by atoms with van der Waals surface area (Å²) >= 11 is 5.21. The highest BCUT2D eigenvalue weighted by Crippen LogP contribution is 2.22. The first-order chi connectivity index (χ1) is 5.52. The van der Waals surface area contributed by atoms with Gasteiger partial charge < -0.3 is 0 Å². The molecular formula is C8H5BrFIO. The van der Waals surface area contributed by atoms with Crippen molar-refractivity contribution in [1.82, 2.24) is 0 Å². The number of rotatable bonds is 1. The maximum atomic E-state index is 13.0. The third-order valence-electron chi connectivity index (χ3n) is 1.39. The molecule has 0 bridgehead atoms. The van der Waals surface area contributed by atoms with Gasteiger partial charge >= 0.3 is 0 Å². The van der Waals surface area contributed by atoms with Crippen molar-refractivity contribution in [2.24, 2.45) is 0 Å². The van der Waals surface area contributed by atoms with Crippen LogP contribution in [0.4, 0.5) is 4.39 Å². The molecule has 0 heterocycles. The monoisotopic (exact) mass is 342 g/mol. The van der Waals surface area contributed by atoms with Crippen molar-refractivity contribution in [3.05, 3.63) is 31.6 Å². The Balaban J connectivity index is 3.33. The van der Waals surface area contributed by atoms with Crippen LogP contribution in [0.25, 0.3) is 0 Å². The average molecular weight is 343 g/mol. The summed E-state index contributed by atoms with van der Waals surface area (Å²) in [6, 6.07) is 2.83. The first-order valence-corrected chi connectivity index (χ1v) is 5.05. The van der Waals surface area contributed by atoms with E-state index in [0.717, 1.165) is 8.04 Å². The molecule has 0 radical (unpaired) electrons. The van der Waals surface area contributed by atoms with Crippen molar-refractivity contribution < 1.29 is 9.18 Å². The average Bonchev–Trinajstić information content (AvgIpc) is 1.96. The van der Waals surface area contributed by atoms with Crippen LogP contribution < -0.4 is 0 Å². The summed E-state index contributed by atoms with van der Waals surface area (Å²) in [5.41, 5.74) is 0.127. The van der Waals surface area contributed by atoms with Crippen LogP contribution in [0.1, 0.15) is 17.3 Å². The second-order valence-electron chi connectivity index (χ2n) is 2.30. The Morgan fingerprint density at radius 3 is 2.67 bits per heavy atom. The molecule has 1 aromatic carbocycles. The number of carbonyl (C=O) groups is 1. The van der Waals surface area contributed by atoms with Gasteiger partial charge in [0.1, 0.15) is 5.82 Å². The van der Waals surface area contributed by atoms with Gasteiger partial charge in [0.2, 0.25) is 0 Å². The molecule has 1 aromatic rings. The highest BCUT2D eigenvalue weighted by Gasteiger charge is 2.09. The van der Waals surface area contributed by atoms with E-state index in [-0.39, 0.29) is 11.3 Å². The maximum Gasteiger partial charge on any atom is 0.162 e. The van der Waals surface area contributed by atoms with E-state index in [9.17, 15) is 9.18 Å². The highest BCUT2D eigenvalue weighted by molar-refractivity contribution is 14.1. The molecule has 12 heavy (non-hydrogen) atoms. The van der Waals surface area contributed by atoms with E-state index in [1.807, 2.05) is 22.6 Å². The zero-order valence-electron chi connectivity index (χ0n) is 6.20. The molecule has 0 aliphatic carbocycles. The van der Waals surface area contributed by atoms with E-state index in [1.54, 1.807) is 0 Å². The zero-order valence-corrected chi connectivity index (χ0v) is 9.94. The standard InChI is InChI=1S/C8H5BrFIO/c1-4(12)5-2-6(9)8(11)3-7(5)10/h2-3H,1H3. The van der Waals surface area contributed by atoms with Crippen LogP contribution in [0.2, 0.25) is 0 Å². The van der Waals surface area contributed by atoms with E-state index >= 15 is 0 Å². The van der Waals surface area contributed by atoms with E-state index in [2.05, 4.69) is 15.9 Å². The molecule has 4 heteroatoms. The predicted octanol–water partition coefficient (Wildman–Crippen LogP) is 3.40. The van der Waals surface area contributed by atoms with Crippen molar-refractivity contribution in [1.29, 1.82) is 0 Å². The molecule has 0 aromatic heterocycles. The number of hydrogen-bond acceptors (Lipinski definition) is 1. The lowest BCUT2D eigenvalue weighted by Gasteiger charge is -2.01. The molecular weight excluding hydrogens is 338 g/mol. The minimum Gasteiger partial charge on any atom is -0.294 e. The molecule has 64 valence electrons. The molecule has 1 rings (SSSR count). The van der Waals surface area contributed by atoms with Crippen LogP contribution in [0.3, 0.4) is 0 Å². The van der Waals surface area contributed by atoms with Crippen LogP contribution in [0.15, 0.2) is 16.6 Å². The predicted molar refractivity (Wildman–Crippen MR) is 56.8 cm³/mol. The number of Topliss-reactive ketones (excluding diaryl/α,β-unsaturated/α-hetero) is 1. The van der Waals surface area contributed by atoms with Crippen molar-refractivity contribution >= 4 is 44.3 Å². The van der Waals surface area contributed by atoms with Crippen LogP contribution in [-0.2, 0) is 0 Å². The van der Waals surface area contributed by atoms with Gasteiger partial charge in [0.05, 0.1) is 5.56 Å². The summed E-state index contributed by atoms with van der Waals surface area (Å²) in [7, 11) is 0. The van der Waals surface area contributed by atoms with Crippen molar-refractivity contribution in [2.45, 2.75) is 6.92 Å². The summed E-state index contributed by atoms with van der Waals surface area (Å²) < 4.78 is 14.5. The van der Waals surface area contributed by atoms with Crippen molar-refractivity contribution in [3.8, 4) is 0 Å². The quantitative estimate of drug-likeness (QED) is 0.434. The largest absolute Gasteiger partial charge is 0.294 e. The van der Waals surface area contributed by atoms with Crippen LogP contribution in [0.5, 0.6) is 0 Å². The van der Waals surface area contributed by atoms with E-state index in [1.165, 1.54) is 19.1 Å². The Bertz CT molecular complexity index is 338. The lowest BCUT2D eigenvalue weighted by molar-refractivity contribution is 0.101. The second kappa shape index (κ2) is 3.83. The lowest BCUT2D eigenvalue weighted by Crippen LogP contribution is -1.97. The Labute approximate surface area is 91.6 Å². The molecule has 0 atom stereocenters. The van der Waals surface area contributed by atoms with Gasteiger partial charge in [-0.05, 0) is 57.6 Å². The molecule has 0 N–H and O–H groups in total. The SMILES string of the molecule is CC(=O)c1cc(Br)c(I)cc1F. The molecule has 0 aliphatic heterocycles. The fourth-order valence-electron chi connectivity index (χ4n) is 0.792. The second-order valence-corrected chi connectivity index (χ2v) is 4.32. The van der Waals surface area contributed by atoms with Crippen LogP contribution in [0, 0.1) is 9.39 Å². The Morgan fingerprint density at radius 1 is 1.58 bits per heavy atom. The van der Waals surface area contributed by atoms with Gasteiger partial charge in [0.25, 0.3) is 0 Å². The fraction of sp³-hybridized carbons (Fsp3) is 0.125. The summed E-state index contributed by atoms with van der Waals surface area (Å²) in [5.74, 6) is -0.722. The summed E-state index contributed by atoms with van der Waals surface area (Å²) in [6.07, 6.45) is 0. The first kappa shape index (κ1) is 10.1. The third-order valence-corrected chi connectivity index (χ3v) is 3.68. The minimum absolute atomic E-state index is 0.127. The van der Waals surface area contributed by atoms with Gasteiger partial charge in [-0.2, -0.15) is 0 Å². The van der Waals surface area contributed by atoms with Gasteiger partial charge in [-0.1, -0.05) is 0 Å². The smallest absolute Gasteiger partial charge is 0.162 e. The van der Waals surface area contributed by atoms with Gasteiger partial charge in [-0.15, -0.1) is 0 Å². The number of hydrogen-bond donors (Lipinski definition) is 0. The van der Waals surface area contributed by atoms with Crippen molar-refractivity contribution in [2.75, 3.05) is 0 Å². The van der Waals surface area contributed by atoms with Gasteiger partial charge in [-0.25, -0.2) is 4.39 Å². The Morgan fingerprint density at radius 2 is 2.17 bits per heavy atom. The normalized spacial score (nSPS) is 10.0. The van der Waals surface area contributed by atoms with Crippen LogP contribution >= 0.6 is 38.5 Å².